The summed E-state index contributed by atoms with van der Waals surface area (Å²) in [5.41, 5.74) is 9.43. The van der Waals surface area contributed by atoms with E-state index in [-0.39, 0.29) is 5.41 Å². The molecule has 2 aromatic heterocycles. The van der Waals surface area contributed by atoms with Crippen LogP contribution in [0.15, 0.2) is 224 Å². The predicted molar refractivity (Wildman–Crippen MR) is 271 cm³/mol. The van der Waals surface area contributed by atoms with E-state index in [9.17, 15) is 0 Å². The molecular formula is C60H46N4. The Kier molecular flexibility index (Phi) is 9.70. The van der Waals surface area contributed by atoms with Gasteiger partial charge in [0.05, 0.1) is 22.8 Å². The largest absolute Gasteiger partial charge is 0.294 e. The third kappa shape index (κ3) is 6.90. The van der Waals surface area contributed by atoms with E-state index in [1.165, 1.54) is 16.3 Å². The molecule has 4 heteroatoms. The van der Waals surface area contributed by atoms with Crippen LogP contribution in [0.2, 0.25) is 0 Å². The molecule has 64 heavy (non-hydrogen) atoms. The number of aromatic nitrogens is 2. The van der Waals surface area contributed by atoms with Gasteiger partial charge in [-0.2, -0.15) is 0 Å². The van der Waals surface area contributed by atoms with Crippen molar-refractivity contribution >= 4 is 77.5 Å². The van der Waals surface area contributed by atoms with Crippen LogP contribution in [-0.4, -0.2) is 9.97 Å². The minimum absolute atomic E-state index is 0.0855. The van der Waals surface area contributed by atoms with Gasteiger partial charge in [-0.15, -0.1) is 0 Å². The van der Waals surface area contributed by atoms with Gasteiger partial charge in [0.15, 0.2) is 0 Å². The predicted octanol–water partition coefficient (Wildman–Crippen LogP) is 16.7. The first-order chi connectivity index (χ1) is 31.4. The van der Waals surface area contributed by atoms with Crippen molar-refractivity contribution in [1.82, 2.24) is 9.97 Å². The fourth-order valence-corrected chi connectivity index (χ4v) is 9.32. The SMILES string of the molecule is CC(C)(C)c1ccc2c(-c3cccc(N(c4ccccc4)c4cccc5ccccc45)n3)c3ccccc3c(-c3cccc(N(c4ccccc4)c4cccc5ccccc45)n3)c2c1. The number of para-hydroxylation sites is 2. The maximum Gasteiger partial charge on any atom is 0.138 e. The van der Waals surface area contributed by atoms with Crippen molar-refractivity contribution in [2.75, 3.05) is 9.80 Å². The zero-order chi connectivity index (χ0) is 43.2. The summed E-state index contributed by atoms with van der Waals surface area (Å²) in [4.78, 5) is 15.8. The summed E-state index contributed by atoms with van der Waals surface area (Å²) in [5, 5.41) is 9.21. The molecule has 9 aromatic carbocycles. The second-order valence-corrected chi connectivity index (χ2v) is 17.4. The van der Waals surface area contributed by atoms with Crippen molar-refractivity contribution in [2.45, 2.75) is 26.2 Å². The molecule has 0 saturated heterocycles. The van der Waals surface area contributed by atoms with Gasteiger partial charge in [-0.25, -0.2) is 9.97 Å². The Hall–Kier alpha value is -8.08. The summed E-state index contributed by atoms with van der Waals surface area (Å²) in [5.74, 6) is 1.69. The summed E-state index contributed by atoms with van der Waals surface area (Å²) in [7, 11) is 0. The first-order valence-electron chi connectivity index (χ1n) is 22.0. The number of rotatable bonds is 8. The lowest BCUT2D eigenvalue weighted by Crippen LogP contribution is -2.13. The maximum atomic E-state index is 5.63. The van der Waals surface area contributed by atoms with Crippen LogP contribution in [0.1, 0.15) is 26.3 Å². The Morgan fingerprint density at radius 2 is 0.719 bits per heavy atom. The fraction of sp³-hybridized carbons (Fsp3) is 0.0667. The van der Waals surface area contributed by atoms with Crippen molar-refractivity contribution in [3.63, 3.8) is 0 Å². The van der Waals surface area contributed by atoms with Crippen LogP contribution in [0.4, 0.5) is 34.4 Å². The molecule has 0 spiro atoms. The number of benzene rings is 9. The molecule has 4 nitrogen and oxygen atoms in total. The van der Waals surface area contributed by atoms with Crippen molar-refractivity contribution in [3.8, 4) is 22.5 Å². The summed E-state index contributed by atoms with van der Waals surface area (Å²) >= 11 is 0. The van der Waals surface area contributed by atoms with Gasteiger partial charge in [0.2, 0.25) is 0 Å². The quantitative estimate of drug-likeness (QED) is 0.143. The Bertz CT molecular complexity index is 3490. The first-order valence-corrected chi connectivity index (χ1v) is 22.0. The van der Waals surface area contributed by atoms with Crippen LogP contribution in [0.25, 0.3) is 65.6 Å². The highest BCUT2D eigenvalue weighted by Crippen LogP contribution is 2.47. The van der Waals surface area contributed by atoms with E-state index in [0.717, 1.165) is 89.2 Å². The van der Waals surface area contributed by atoms with Crippen LogP contribution in [-0.2, 0) is 5.41 Å². The number of hydrogen-bond acceptors (Lipinski definition) is 4. The van der Waals surface area contributed by atoms with E-state index in [4.69, 9.17) is 9.97 Å². The first kappa shape index (κ1) is 38.8. The van der Waals surface area contributed by atoms with Gasteiger partial charge in [-0.1, -0.05) is 178 Å². The van der Waals surface area contributed by atoms with Crippen LogP contribution < -0.4 is 9.80 Å². The molecule has 0 radical (unpaired) electrons. The minimum Gasteiger partial charge on any atom is -0.294 e. The third-order valence-electron chi connectivity index (χ3n) is 12.4. The van der Waals surface area contributed by atoms with Crippen molar-refractivity contribution in [1.29, 1.82) is 0 Å². The average molecular weight is 823 g/mol. The van der Waals surface area contributed by atoms with Crippen molar-refractivity contribution < 1.29 is 0 Å². The molecule has 0 N–H and O–H groups in total. The summed E-state index contributed by atoms with van der Waals surface area (Å²) < 4.78 is 0. The molecule has 0 bridgehead atoms. The lowest BCUT2D eigenvalue weighted by atomic mass is 9.82. The standard InChI is InChI=1S/C60H46N4/c1-60(2,3)43-38-39-50-51(40-43)59(53-33-19-37-57(62-53)64(45-26-8-5-9-27-45)55-35-17-23-42-21-11-13-29-47(42)55)49-31-15-14-30-48(49)58(50)52-32-18-36-56(61-52)63(44-24-6-4-7-25-44)54-34-16-22-41-20-10-12-28-46(41)54/h4-40H,1-3H3. The Morgan fingerprint density at radius 3 is 1.20 bits per heavy atom. The number of hydrogen-bond donors (Lipinski definition) is 0. The van der Waals surface area contributed by atoms with Gasteiger partial charge in [-0.05, 0) is 110 Å². The van der Waals surface area contributed by atoms with E-state index in [1.807, 2.05) is 0 Å². The number of fused-ring (bicyclic) bond motifs is 4. The average Bonchev–Trinajstić information content (AvgIpc) is 3.34. The molecule has 0 aliphatic carbocycles. The Morgan fingerprint density at radius 1 is 0.328 bits per heavy atom. The minimum atomic E-state index is -0.0855. The fourth-order valence-electron chi connectivity index (χ4n) is 9.32. The molecule has 0 aliphatic rings. The second kappa shape index (κ2) is 16.0. The Labute approximate surface area is 374 Å². The molecule has 306 valence electrons. The number of pyridine rings is 2. The van der Waals surface area contributed by atoms with Gasteiger partial charge in [0.25, 0.3) is 0 Å². The zero-order valence-electron chi connectivity index (χ0n) is 36.2. The van der Waals surface area contributed by atoms with E-state index < -0.39 is 0 Å². The summed E-state index contributed by atoms with van der Waals surface area (Å²) in [6.45, 7) is 6.85. The molecule has 11 rings (SSSR count). The van der Waals surface area contributed by atoms with Gasteiger partial charge in [-0.3, -0.25) is 9.80 Å². The van der Waals surface area contributed by atoms with Crippen LogP contribution in [0, 0.1) is 0 Å². The highest BCUT2D eigenvalue weighted by Gasteiger charge is 2.24. The topological polar surface area (TPSA) is 32.3 Å². The van der Waals surface area contributed by atoms with Crippen molar-refractivity contribution in [3.05, 3.63) is 230 Å². The summed E-state index contributed by atoms with van der Waals surface area (Å²) in [6.07, 6.45) is 0. The zero-order valence-corrected chi connectivity index (χ0v) is 36.2. The molecule has 0 saturated carbocycles. The van der Waals surface area contributed by atoms with E-state index in [2.05, 4.69) is 255 Å². The molecular weight excluding hydrogens is 777 g/mol. The van der Waals surface area contributed by atoms with E-state index in [1.54, 1.807) is 0 Å². The molecule has 0 amide bonds. The van der Waals surface area contributed by atoms with E-state index >= 15 is 0 Å². The van der Waals surface area contributed by atoms with Crippen LogP contribution >= 0.6 is 0 Å². The van der Waals surface area contributed by atoms with Gasteiger partial charge >= 0.3 is 0 Å². The molecule has 0 fully saturated rings. The van der Waals surface area contributed by atoms with Crippen LogP contribution in [0.3, 0.4) is 0 Å². The molecule has 11 aromatic rings. The smallest absolute Gasteiger partial charge is 0.138 e. The molecule has 0 aliphatic heterocycles. The molecule has 0 atom stereocenters. The number of nitrogens with zero attached hydrogens (tertiary/aromatic N) is 4. The van der Waals surface area contributed by atoms with Gasteiger partial charge in [0.1, 0.15) is 11.6 Å². The van der Waals surface area contributed by atoms with Crippen molar-refractivity contribution in [2.24, 2.45) is 0 Å². The third-order valence-corrected chi connectivity index (χ3v) is 12.4. The monoisotopic (exact) mass is 822 g/mol. The normalized spacial score (nSPS) is 11.7. The lowest BCUT2D eigenvalue weighted by Gasteiger charge is -2.27. The number of anilines is 6. The second-order valence-electron chi connectivity index (χ2n) is 17.4. The van der Waals surface area contributed by atoms with E-state index in [0.29, 0.717) is 0 Å². The molecule has 0 unspecified atom stereocenters. The van der Waals surface area contributed by atoms with Gasteiger partial charge in [0, 0.05) is 33.3 Å². The highest BCUT2D eigenvalue weighted by molar-refractivity contribution is 6.21. The summed E-state index contributed by atoms with van der Waals surface area (Å²) in [6, 6.07) is 79.9. The van der Waals surface area contributed by atoms with Gasteiger partial charge < -0.3 is 0 Å². The Balaban J connectivity index is 1.15. The molecule has 2 heterocycles. The lowest BCUT2D eigenvalue weighted by molar-refractivity contribution is 0.591. The maximum absolute atomic E-state index is 5.63. The highest BCUT2D eigenvalue weighted by atomic mass is 15.2. The van der Waals surface area contributed by atoms with Crippen LogP contribution in [0.5, 0.6) is 0 Å².